The van der Waals surface area contributed by atoms with E-state index in [-0.39, 0.29) is 17.4 Å². The molecule has 1 fully saturated rings. The lowest BCUT2D eigenvalue weighted by Gasteiger charge is -2.28. The molecule has 2 aliphatic heterocycles. The van der Waals surface area contributed by atoms with E-state index in [0.717, 1.165) is 24.4 Å². The van der Waals surface area contributed by atoms with Gasteiger partial charge in [0.25, 0.3) is 11.7 Å². The molecule has 2 aromatic rings. The standard InChI is InChI=1S/C26H28Cl2N2O4/c1-4-29(5-2)10-11-30-23(19-8-7-18(27)14-20(19)28)22(25(32)26(30)33)24(31)16-6-9-21-17(13-16)12-15(3)34-21/h6-9,13-15,23,31H,4-5,10-12H2,1-3H3. The molecule has 6 nitrogen and oxygen atoms in total. The average molecular weight is 503 g/mol. The van der Waals surface area contributed by atoms with Gasteiger partial charge in [-0.1, -0.05) is 43.1 Å². The molecule has 0 saturated carbocycles. The molecule has 2 unspecified atom stereocenters. The molecule has 1 saturated heterocycles. The van der Waals surface area contributed by atoms with Crippen molar-refractivity contribution in [2.75, 3.05) is 26.2 Å². The summed E-state index contributed by atoms with van der Waals surface area (Å²) >= 11 is 12.6. The summed E-state index contributed by atoms with van der Waals surface area (Å²) in [4.78, 5) is 30.1. The number of nitrogens with zero attached hydrogens (tertiary/aromatic N) is 2. The Hall–Kier alpha value is -2.54. The first-order valence-electron chi connectivity index (χ1n) is 11.5. The highest BCUT2D eigenvalue weighted by molar-refractivity contribution is 6.47. The van der Waals surface area contributed by atoms with E-state index in [2.05, 4.69) is 4.90 Å². The number of benzene rings is 2. The number of likely N-dealkylation sites (N-methyl/N-ethyl adjacent to an activating group) is 1. The van der Waals surface area contributed by atoms with Crippen molar-refractivity contribution in [2.45, 2.75) is 39.3 Å². The molecule has 180 valence electrons. The molecular formula is C26H28Cl2N2O4. The van der Waals surface area contributed by atoms with Crippen LogP contribution in [0.2, 0.25) is 10.0 Å². The number of Topliss-reactive ketones (excluding diaryl/α,β-unsaturated/α-hetero) is 1. The van der Waals surface area contributed by atoms with Crippen LogP contribution in [-0.4, -0.2) is 58.9 Å². The molecule has 1 amide bonds. The Morgan fingerprint density at radius 1 is 1.15 bits per heavy atom. The fraction of sp³-hybridized carbons (Fsp3) is 0.385. The number of fused-ring (bicyclic) bond motifs is 1. The van der Waals surface area contributed by atoms with E-state index in [1.54, 1.807) is 30.3 Å². The molecule has 4 rings (SSSR count). The molecule has 0 aromatic heterocycles. The zero-order valence-corrected chi connectivity index (χ0v) is 21.0. The highest BCUT2D eigenvalue weighted by atomic mass is 35.5. The zero-order chi connectivity index (χ0) is 24.6. The maximum atomic E-state index is 13.2. The van der Waals surface area contributed by atoms with Crippen molar-refractivity contribution in [2.24, 2.45) is 0 Å². The minimum absolute atomic E-state index is 0.0284. The van der Waals surface area contributed by atoms with Gasteiger partial charge < -0.3 is 19.6 Å². The van der Waals surface area contributed by atoms with Gasteiger partial charge in [-0.3, -0.25) is 9.59 Å². The number of hydrogen-bond donors (Lipinski definition) is 1. The molecule has 2 atom stereocenters. The van der Waals surface area contributed by atoms with Crippen molar-refractivity contribution in [3.63, 3.8) is 0 Å². The number of ketones is 1. The second-order valence-electron chi connectivity index (χ2n) is 8.64. The van der Waals surface area contributed by atoms with Gasteiger partial charge in [0.05, 0.1) is 11.6 Å². The van der Waals surface area contributed by atoms with Gasteiger partial charge >= 0.3 is 0 Å². The fourth-order valence-electron chi connectivity index (χ4n) is 4.67. The van der Waals surface area contributed by atoms with Gasteiger partial charge in [-0.15, -0.1) is 0 Å². The molecule has 34 heavy (non-hydrogen) atoms. The second-order valence-corrected chi connectivity index (χ2v) is 9.48. The van der Waals surface area contributed by atoms with Crippen LogP contribution in [0.5, 0.6) is 5.75 Å². The van der Waals surface area contributed by atoms with Crippen LogP contribution in [0.1, 0.15) is 43.5 Å². The summed E-state index contributed by atoms with van der Waals surface area (Å²) in [5.74, 6) is -0.830. The maximum absolute atomic E-state index is 13.2. The van der Waals surface area contributed by atoms with E-state index >= 15 is 0 Å². The average Bonchev–Trinajstić information content (AvgIpc) is 3.30. The van der Waals surface area contributed by atoms with Gasteiger partial charge in [-0.2, -0.15) is 0 Å². The van der Waals surface area contributed by atoms with E-state index in [0.29, 0.717) is 40.7 Å². The van der Waals surface area contributed by atoms with E-state index in [1.165, 1.54) is 4.90 Å². The Kier molecular flexibility index (Phi) is 7.22. The van der Waals surface area contributed by atoms with E-state index in [1.807, 2.05) is 26.8 Å². The number of aliphatic hydroxyl groups is 1. The molecule has 8 heteroatoms. The fourth-order valence-corrected chi connectivity index (χ4v) is 5.18. The number of carbonyl (C=O) groups is 2. The highest BCUT2D eigenvalue weighted by Gasteiger charge is 2.46. The summed E-state index contributed by atoms with van der Waals surface area (Å²) in [6, 6.07) is 9.45. The van der Waals surface area contributed by atoms with E-state index in [9.17, 15) is 14.7 Å². The first-order chi connectivity index (χ1) is 16.2. The Balaban J connectivity index is 1.81. The Morgan fingerprint density at radius 3 is 2.56 bits per heavy atom. The quantitative estimate of drug-likeness (QED) is 0.324. The summed E-state index contributed by atoms with van der Waals surface area (Å²) in [6.07, 6.45) is 0.757. The monoisotopic (exact) mass is 502 g/mol. The summed E-state index contributed by atoms with van der Waals surface area (Å²) in [5.41, 5.74) is 1.99. The molecule has 2 aromatic carbocycles. The molecule has 1 N–H and O–H groups in total. The number of ether oxygens (including phenoxy) is 1. The van der Waals surface area contributed by atoms with Crippen LogP contribution in [0.15, 0.2) is 42.0 Å². The van der Waals surface area contributed by atoms with E-state index < -0.39 is 17.7 Å². The maximum Gasteiger partial charge on any atom is 0.295 e. The van der Waals surface area contributed by atoms with Crippen molar-refractivity contribution in [3.05, 3.63) is 68.7 Å². The van der Waals surface area contributed by atoms with Crippen LogP contribution >= 0.6 is 23.2 Å². The summed E-state index contributed by atoms with van der Waals surface area (Å²) in [6.45, 7) is 8.62. The van der Waals surface area contributed by atoms with Crippen molar-refractivity contribution in [1.82, 2.24) is 9.80 Å². The second kappa shape index (κ2) is 9.98. The number of likely N-dealkylation sites (tertiary alicyclic amines) is 1. The summed E-state index contributed by atoms with van der Waals surface area (Å²) in [5, 5.41) is 12.1. The van der Waals surface area contributed by atoms with Crippen molar-refractivity contribution >= 4 is 40.7 Å². The number of hydrogen-bond acceptors (Lipinski definition) is 5. The topological polar surface area (TPSA) is 70.1 Å². The van der Waals surface area contributed by atoms with Crippen LogP contribution in [-0.2, 0) is 16.0 Å². The van der Waals surface area contributed by atoms with Crippen LogP contribution in [0.25, 0.3) is 5.76 Å². The van der Waals surface area contributed by atoms with Crippen LogP contribution in [0.4, 0.5) is 0 Å². The smallest absolute Gasteiger partial charge is 0.295 e. The lowest BCUT2D eigenvalue weighted by atomic mass is 9.94. The van der Waals surface area contributed by atoms with Crippen LogP contribution in [0.3, 0.4) is 0 Å². The minimum Gasteiger partial charge on any atom is -0.507 e. The van der Waals surface area contributed by atoms with Gasteiger partial charge in [0.15, 0.2) is 0 Å². The van der Waals surface area contributed by atoms with Gasteiger partial charge in [-0.05, 0) is 61.5 Å². The molecule has 0 aliphatic carbocycles. The van der Waals surface area contributed by atoms with Crippen molar-refractivity contribution in [3.8, 4) is 5.75 Å². The normalized spacial score (nSPS) is 21.3. The summed E-state index contributed by atoms with van der Waals surface area (Å²) < 4.78 is 5.75. The first kappa shape index (κ1) is 24.6. The lowest BCUT2D eigenvalue weighted by Crippen LogP contribution is -2.38. The third-order valence-electron chi connectivity index (χ3n) is 6.52. The highest BCUT2D eigenvalue weighted by Crippen LogP contribution is 2.43. The number of halogens is 2. The third-order valence-corrected chi connectivity index (χ3v) is 7.08. The Bertz CT molecular complexity index is 1160. The Labute approximate surface area is 209 Å². The largest absolute Gasteiger partial charge is 0.507 e. The number of aliphatic hydroxyl groups excluding tert-OH is 1. The zero-order valence-electron chi connectivity index (χ0n) is 19.5. The molecule has 2 aliphatic rings. The minimum atomic E-state index is -0.816. The van der Waals surface area contributed by atoms with Crippen molar-refractivity contribution in [1.29, 1.82) is 0 Å². The number of rotatable bonds is 7. The number of carbonyl (C=O) groups excluding carboxylic acids is 2. The van der Waals surface area contributed by atoms with Gasteiger partial charge in [-0.25, -0.2) is 0 Å². The van der Waals surface area contributed by atoms with Gasteiger partial charge in [0, 0.05) is 35.1 Å². The lowest BCUT2D eigenvalue weighted by molar-refractivity contribution is -0.140. The van der Waals surface area contributed by atoms with Crippen molar-refractivity contribution < 1.29 is 19.4 Å². The van der Waals surface area contributed by atoms with E-state index in [4.69, 9.17) is 27.9 Å². The molecule has 0 radical (unpaired) electrons. The van der Waals surface area contributed by atoms with Gasteiger partial charge in [0.1, 0.15) is 17.6 Å². The SMILES string of the molecule is CCN(CC)CCN1C(=O)C(=O)C(=C(O)c2ccc3c(c2)CC(C)O3)C1c1ccc(Cl)cc1Cl. The predicted molar refractivity (Wildman–Crippen MR) is 133 cm³/mol. The van der Waals surface area contributed by atoms with Gasteiger partial charge in [0.2, 0.25) is 0 Å². The van der Waals surface area contributed by atoms with Crippen LogP contribution < -0.4 is 4.74 Å². The van der Waals surface area contributed by atoms with Crippen LogP contribution in [0, 0.1) is 0 Å². The molecular weight excluding hydrogens is 475 g/mol. The Morgan fingerprint density at radius 2 is 1.88 bits per heavy atom. The first-order valence-corrected chi connectivity index (χ1v) is 12.3. The molecule has 0 bridgehead atoms. The number of amides is 1. The third kappa shape index (κ3) is 4.54. The summed E-state index contributed by atoms with van der Waals surface area (Å²) in [7, 11) is 0. The molecule has 0 spiro atoms. The predicted octanol–water partition coefficient (Wildman–Crippen LogP) is 5.08. The molecule has 2 heterocycles.